The lowest BCUT2D eigenvalue weighted by molar-refractivity contribution is -0.115. The van der Waals surface area contributed by atoms with Crippen LogP contribution in [0.3, 0.4) is 0 Å². The maximum Gasteiger partial charge on any atom is 0.405 e. The molecule has 10 heteroatoms. The van der Waals surface area contributed by atoms with Gasteiger partial charge in [-0.1, -0.05) is 12.0 Å². The van der Waals surface area contributed by atoms with E-state index in [2.05, 4.69) is 25.8 Å². The third-order valence-corrected chi connectivity index (χ3v) is 5.21. The van der Waals surface area contributed by atoms with Gasteiger partial charge in [0.25, 0.3) is 5.89 Å². The molecule has 166 valence electrons. The highest BCUT2D eigenvalue weighted by atomic mass is 19.4. The number of nitrogens with one attached hydrogen (secondary N) is 2. The average molecular weight is 435 g/mol. The highest BCUT2D eigenvalue weighted by Crippen LogP contribution is 2.30. The zero-order chi connectivity index (χ0) is 22.0. The van der Waals surface area contributed by atoms with Crippen LogP contribution in [0.2, 0.25) is 0 Å². The average Bonchev–Trinajstić information content (AvgIpc) is 3.20. The highest BCUT2D eigenvalue weighted by Gasteiger charge is 2.27. The molecule has 1 saturated heterocycles. The number of hydrogen-bond donors (Lipinski definition) is 2. The Morgan fingerprint density at radius 3 is 2.74 bits per heavy atom. The van der Waals surface area contributed by atoms with Crippen LogP contribution in [0.25, 0.3) is 22.5 Å². The van der Waals surface area contributed by atoms with Gasteiger partial charge in [0.2, 0.25) is 0 Å². The molecule has 1 fully saturated rings. The second kappa shape index (κ2) is 8.70. The Balaban J connectivity index is 1.62. The van der Waals surface area contributed by atoms with Gasteiger partial charge >= 0.3 is 12.2 Å². The number of ether oxygens (including phenoxy) is 1. The van der Waals surface area contributed by atoms with Gasteiger partial charge in [-0.05, 0) is 55.5 Å². The van der Waals surface area contributed by atoms with Crippen molar-refractivity contribution in [3.8, 4) is 11.6 Å². The molecule has 31 heavy (non-hydrogen) atoms. The molecular formula is C21H24F3N5O2. The van der Waals surface area contributed by atoms with Crippen LogP contribution in [0.5, 0.6) is 0 Å². The molecular weight excluding hydrogens is 411 g/mol. The zero-order valence-electron chi connectivity index (χ0n) is 17.3. The van der Waals surface area contributed by atoms with Gasteiger partial charge in [-0.15, -0.1) is 5.10 Å². The molecule has 2 N–H and O–H groups in total. The summed E-state index contributed by atoms with van der Waals surface area (Å²) in [4.78, 5) is 4.69. The summed E-state index contributed by atoms with van der Waals surface area (Å²) in [5.41, 5.74) is 3.35. The normalized spacial score (nSPS) is 17.1. The predicted molar refractivity (Wildman–Crippen MR) is 111 cm³/mol. The molecule has 2 aromatic heterocycles. The molecule has 0 radical (unpaired) electrons. The molecule has 0 amide bonds. The third kappa shape index (κ3) is 5.07. The number of aromatic nitrogens is 3. The van der Waals surface area contributed by atoms with Crippen LogP contribution in [-0.4, -0.2) is 47.2 Å². The highest BCUT2D eigenvalue weighted by molar-refractivity contribution is 5.90. The van der Waals surface area contributed by atoms with E-state index in [0.717, 1.165) is 36.0 Å². The third-order valence-electron chi connectivity index (χ3n) is 5.21. The zero-order valence-corrected chi connectivity index (χ0v) is 17.3. The number of aryl methyl sites for hydroxylation is 2. The van der Waals surface area contributed by atoms with Crippen LogP contribution in [0, 0.1) is 6.92 Å². The van der Waals surface area contributed by atoms with Crippen molar-refractivity contribution >= 4 is 22.6 Å². The van der Waals surface area contributed by atoms with Gasteiger partial charge in [0.15, 0.2) is 0 Å². The van der Waals surface area contributed by atoms with Crippen LogP contribution >= 0.6 is 0 Å². The smallest absolute Gasteiger partial charge is 0.402 e. The molecule has 7 nitrogen and oxygen atoms in total. The van der Waals surface area contributed by atoms with Gasteiger partial charge in [-0.3, -0.25) is 0 Å². The van der Waals surface area contributed by atoms with Crippen LogP contribution in [0.4, 0.5) is 24.9 Å². The van der Waals surface area contributed by atoms with Gasteiger partial charge in [-0.25, -0.2) is 4.98 Å². The first-order valence-electron chi connectivity index (χ1n) is 10.3. The molecule has 4 rings (SSSR count). The topological polar surface area (TPSA) is 85.1 Å². The fraction of sp³-hybridized carbons (Fsp3) is 0.476. The van der Waals surface area contributed by atoms with E-state index in [1.807, 2.05) is 13.8 Å². The fourth-order valence-electron chi connectivity index (χ4n) is 3.66. The SMILES string of the molecule is CCc1cc(NCC(F)(F)F)cc2c(C)cc(-c3nnc(NC4CCCOC4)o3)nc12. The van der Waals surface area contributed by atoms with Crippen molar-refractivity contribution in [3.05, 3.63) is 29.3 Å². The summed E-state index contributed by atoms with van der Waals surface area (Å²) in [6.45, 7) is 4.09. The number of anilines is 2. The number of nitrogens with zero attached hydrogens (tertiary/aromatic N) is 3. The summed E-state index contributed by atoms with van der Waals surface area (Å²) in [7, 11) is 0. The van der Waals surface area contributed by atoms with Crippen molar-refractivity contribution in [3.63, 3.8) is 0 Å². The van der Waals surface area contributed by atoms with E-state index in [1.165, 1.54) is 0 Å². The summed E-state index contributed by atoms with van der Waals surface area (Å²) in [5, 5.41) is 14.6. The van der Waals surface area contributed by atoms with Crippen molar-refractivity contribution in [2.75, 3.05) is 30.4 Å². The number of rotatable bonds is 6. The summed E-state index contributed by atoms with van der Waals surface area (Å²) in [6, 6.07) is 5.64. The first-order chi connectivity index (χ1) is 14.8. The van der Waals surface area contributed by atoms with E-state index in [0.29, 0.717) is 35.9 Å². The molecule has 1 atom stereocenters. The van der Waals surface area contributed by atoms with Crippen LogP contribution in [0.1, 0.15) is 30.9 Å². The lowest BCUT2D eigenvalue weighted by atomic mass is 10.0. The van der Waals surface area contributed by atoms with Gasteiger partial charge < -0.3 is 19.8 Å². The van der Waals surface area contributed by atoms with Gasteiger partial charge in [0.05, 0.1) is 18.2 Å². The fourth-order valence-corrected chi connectivity index (χ4v) is 3.66. The van der Waals surface area contributed by atoms with Crippen molar-refractivity contribution in [2.24, 2.45) is 0 Å². The molecule has 0 bridgehead atoms. The predicted octanol–water partition coefficient (Wildman–Crippen LogP) is 4.72. The van der Waals surface area contributed by atoms with E-state index in [1.54, 1.807) is 18.2 Å². The number of pyridine rings is 1. The van der Waals surface area contributed by atoms with Gasteiger partial charge in [0, 0.05) is 17.7 Å². The molecule has 0 aliphatic carbocycles. The maximum absolute atomic E-state index is 12.6. The molecule has 0 spiro atoms. The molecule has 1 unspecified atom stereocenters. The monoisotopic (exact) mass is 435 g/mol. The Kier molecular flexibility index (Phi) is 5.99. The first kappa shape index (κ1) is 21.4. The van der Waals surface area contributed by atoms with E-state index in [4.69, 9.17) is 9.15 Å². The summed E-state index contributed by atoms with van der Waals surface area (Å²) in [6.07, 6.45) is -1.72. The summed E-state index contributed by atoms with van der Waals surface area (Å²) in [5.74, 6) is 0.283. The molecule has 1 aliphatic heterocycles. The first-order valence-corrected chi connectivity index (χ1v) is 10.3. The van der Waals surface area contributed by atoms with Crippen molar-refractivity contribution in [1.82, 2.24) is 15.2 Å². The lowest BCUT2D eigenvalue weighted by Gasteiger charge is -2.21. The quantitative estimate of drug-likeness (QED) is 0.579. The maximum atomic E-state index is 12.6. The molecule has 1 aliphatic rings. The van der Waals surface area contributed by atoms with E-state index < -0.39 is 12.7 Å². The molecule has 1 aromatic carbocycles. The second-order valence-corrected chi connectivity index (χ2v) is 7.65. The summed E-state index contributed by atoms with van der Waals surface area (Å²) >= 11 is 0. The molecule has 0 saturated carbocycles. The Hall–Kier alpha value is -2.88. The van der Waals surface area contributed by atoms with Gasteiger partial charge in [-0.2, -0.15) is 13.2 Å². The number of halogens is 3. The largest absolute Gasteiger partial charge is 0.405 e. The van der Waals surface area contributed by atoms with E-state index in [9.17, 15) is 13.2 Å². The minimum absolute atomic E-state index is 0.127. The molecule has 3 heterocycles. The van der Waals surface area contributed by atoms with Gasteiger partial charge in [0.1, 0.15) is 12.2 Å². The Morgan fingerprint density at radius 1 is 1.19 bits per heavy atom. The number of benzene rings is 1. The Morgan fingerprint density at radius 2 is 2.03 bits per heavy atom. The minimum Gasteiger partial charge on any atom is -0.402 e. The van der Waals surface area contributed by atoms with Crippen LogP contribution in [0.15, 0.2) is 22.6 Å². The number of fused-ring (bicyclic) bond motifs is 1. The lowest BCUT2D eigenvalue weighted by Crippen LogP contribution is -2.30. The second-order valence-electron chi connectivity index (χ2n) is 7.65. The number of alkyl halides is 3. The molecule has 3 aromatic rings. The minimum atomic E-state index is -4.29. The summed E-state index contributed by atoms with van der Waals surface area (Å²) < 4.78 is 49.0. The van der Waals surface area contributed by atoms with Crippen molar-refractivity contribution < 1.29 is 22.3 Å². The standard InChI is InChI=1S/C21H24F3N5O2/c1-3-13-8-15(25-11-21(22,23)24)9-16-12(2)7-17(27-18(13)16)19-28-29-20(31-19)26-14-5-4-6-30-10-14/h7-9,14,25H,3-6,10-11H2,1-2H3,(H,26,29). The van der Waals surface area contributed by atoms with E-state index in [-0.39, 0.29) is 11.9 Å². The van der Waals surface area contributed by atoms with E-state index >= 15 is 0 Å². The number of hydrogen-bond acceptors (Lipinski definition) is 7. The Labute approximate surface area is 177 Å². The van der Waals surface area contributed by atoms with Crippen molar-refractivity contribution in [1.29, 1.82) is 0 Å². The van der Waals surface area contributed by atoms with Crippen molar-refractivity contribution in [2.45, 2.75) is 45.3 Å². The van der Waals surface area contributed by atoms with Crippen LogP contribution in [-0.2, 0) is 11.2 Å². The van der Waals surface area contributed by atoms with Crippen LogP contribution < -0.4 is 10.6 Å². The Bertz CT molecular complexity index is 1060.